The molecule has 1 saturated heterocycles. The number of benzene rings is 3. The van der Waals surface area contributed by atoms with E-state index in [-0.39, 0.29) is 16.9 Å². The number of carbonyl (C=O) groups excluding carboxylic acids is 2. The fourth-order valence-electron chi connectivity index (χ4n) is 4.90. The van der Waals surface area contributed by atoms with Crippen molar-refractivity contribution in [2.45, 2.75) is 56.7 Å². The molecule has 3 aromatic carbocycles. The van der Waals surface area contributed by atoms with Crippen molar-refractivity contribution in [2.75, 3.05) is 18.0 Å². The zero-order chi connectivity index (χ0) is 28.1. The van der Waals surface area contributed by atoms with Gasteiger partial charge in [0.1, 0.15) is 11.6 Å². The SMILES string of the molecule is CC(C)(C)OC(=O)N1CCc2cc(N3CC[C@H](NS(=O)(=O)c4ccc5cc(Cl)ccc5c4)C3=O)c(Cl)cc2C1. The Kier molecular flexibility index (Phi) is 7.30. The summed E-state index contributed by atoms with van der Waals surface area (Å²) in [6.45, 7) is 6.64. The molecule has 39 heavy (non-hydrogen) atoms. The molecule has 0 aliphatic carbocycles. The standard InChI is InChI=1S/C28H29Cl2N3O5S/c1-28(2,3)38-27(35)32-10-8-19-15-25(23(30)14-20(19)16-32)33-11-9-24(26(33)34)31-39(36,37)22-7-5-17-12-21(29)6-4-18(17)13-22/h4-7,12-15,24,31H,8-11,16H2,1-3H3/t24-/m0/s1. The highest BCUT2D eigenvalue weighted by atomic mass is 35.5. The van der Waals surface area contributed by atoms with Crippen molar-refractivity contribution < 1.29 is 22.7 Å². The molecule has 2 amide bonds. The summed E-state index contributed by atoms with van der Waals surface area (Å²) >= 11 is 12.6. The van der Waals surface area contributed by atoms with E-state index in [1.165, 1.54) is 11.0 Å². The molecule has 8 nitrogen and oxygen atoms in total. The third-order valence-corrected chi connectivity index (χ3v) is 8.82. The molecule has 2 heterocycles. The highest BCUT2D eigenvalue weighted by Gasteiger charge is 2.37. The van der Waals surface area contributed by atoms with Gasteiger partial charge < -0.3 is 14.5 Å². The number of anilines is 1. The van der Waals surface area contributed by atoms with Gasteiger partial charge in [0.2, 0.25) is 15.9 Å². The van der Waals surface area contributed by atoms with Crippen LogP contribution in [0.1, 0.15) is 38.3 Å². The minimum absolute atomic E-state index is 0.0740. The van der Waals surface area contributed by atoms with Crippen LogP contribution in [0.4, 0.5) is 10.5 Å². The van der Waals surface area contributed by atoms with Gasteiger partial charge in [-0.05, 0) is 91.9 Å². The van der Waals surface area contributed by atoms with Gasteiger partial charge in [-0.2, -0.15) is 4.72 Å². The Labute approximate surface area is 237 Å². The first kappa shape index (κ1) is 27.7. The maximum Gasteiger partial charge on any atom is 0.410 e. The number of halogens is 2. The number of nitrogens with zero attached hydrogens (tertiary/aromatic N) is 2. The van der Waals surface area contributed by atoms with E-state index in [9.17, 15) is 18.0 Å². The van der Waals surface area contributed by atoms with Crippen molar-refractivity contribution >= 4 is 61.7 Å². The van der Waals surface area contributed by atoms with Gasteiger partial charge in [-0.25, -0.2) is 13.2 Å². The Morgan fingerprint density at radius 1 is 1.00 bits per heavy atom. The highest BCUT2D eigenvalue weighted by Crippen LogP contribution is 2.35. The van der Waals surface area contributed by atoms with Gasteiger partial charge in [-0.15, -0.1) is 0 Å². The maximum absolute atomic E-state index is 13.3. The maximum atomic E-state index is 13.3. The fourth-order valence-corrected chi connectivity index (χ4v) is 6.63. The molecule has 5 rings (SSSR count). The summed E-state index contributed by atoms with van der Waals surface area (Å²) in [7, 11) is -3.95. The smallest absolute Gasteiger partial charge is 0.410 e. The van der Waals surface area contributed by atoms with Crippen LogP contribution in [0.5, 0.6) is 0 Å². The monoisotopic (exact) mass is 589 g/mol. The topological polar surface area (TPSA) is 96.0 Å². The summed E-state index contributed by atoms with van der Waals surface area (Å²) < 4.78 is 34.3. The molecule has 11 heteroatoms. The van der Waals surface area contributed by atoms with Gasteiger partial charge >= 0.3 is 6.09 Å². The number of hydrogen-bond donors (Lipinski definition) is 1. The Morgan fingerprint density at radius 3 is 2.46 bits per heavy atom. The van der Waals surface area contributed by atoms with Crippen LogP contribution in [0.3, 0.4) is 0 Å². The Hall–Kier alpha value is -2.85. The number of nitrogens with one attached hydrogen (secondary N) is 1. The number of rotatable bonds is 4. The largest absolute Gasteiger partial charge is 0.444 e. The van der Waals surface area contributed by atoms with Crippen LogP contribution in [-0.4, -0.2) is 50.1 Å². The third-order valence-electron chi connectivity index (χ3n) is 6.81. The van der Waals surface area contributed by atoms with Crippen LogP contribution in [0.25, 0.3) is 10.8 Å². The number of carbonyl (C=O) groups is 2. The van der Waals surface area contributed by atoms with Crippen LogP contribution in [-0.2, 0) is 32.5 Å². The van der Waals surface area contributed by atoms with Crippen molar-refractivity contribution in [3.63, 3.8) is 0 Å². The summed E-state index contributed by atoms with van der Waals surface area (Å²) in [5.41, 5.74) is 1.83. The van der Waals surface area contributed by atoms with Crippen LogP contribution in [0.15, 0.2) is 53.4 Å². The van der Waals surface area contributed by atoms with Crippen molar-refractivity contribution in [1.29, 1.82) is 0 Å². The summed E-state index contributed by atoms with van der Waals surface area (Å²) in [5, 5.41) is 2.48. The molecule has 206 valence electrons. The molecule has 0 spiro atoms. The summed E-state index contributed by atoms with van der Waals surface area (Å²) in [5.74, 6) is -0.362. The molecular weight excluding hydrogens is 561 g/mol. The van der Waals surface area contributed by atoms with Gasteiger partial charge in [0.15, 0.2) is 0 Å². The van der Waals surface area contributed by atoms with Crippen molar-refractivity contribution in [3.05, 3.63) is 69.7 Å². The van der Waals surface area contributed by atoms with E-state index >= 15 is 0 Å². The van der Waals surface area contributed by atoms with Crippen LogP contribution < -0.4 is 9.62 Å². The Bertz CT molecular complexity index is 1590. The zero-order valence-electron chi connectivity index (χ0n) is 21.8. The molecule has 3 aromatic rings. The number of fused-ring (bicyclic) bond motifs is 2. The Balaban J connectivity index is 1.31. The lowest BCUT2D eigenvalue weighted by Gasteiger charge is -2.32. The number of amides is 2. The van der Waals surface area contributed by atoms with Crippen LogP contribution in [0.2, 0.25) is 10.0 Å². The van der Waals surface area contributed by atoms with E-state index in [1.807, 2.05) is 26.8 Å². The van der Waals surface area contributed by atoms with Crippen LogP contribution >= 0.6 is 23.2 Å². The van der Waals surface area contributed by atoms with Crippen molar-refractivity contribution in [2.24, 2.45) is 0 Å². The first-order valence-corrected chi connectivity index (χ1v) is 14.9. The number of hydrogen-bond acceptors (Lipinski definition) is 5. The molecule has 1 N–H and O–H groups in total. The summed E-state index contributed by atoms with van der Waals surface area (Å²) in [6, 6.07) is 12.7. The van der Waals surface area contributed by atoms with Gasteiger partial charge in [-0.3, -0.25) is 4.79 Å². The van der Waals surface area contributed by atoms with Crippen LogP contribution in [0, 0.1) is 0 Å². The average Bonchev–Trinajstić information content (AvgIpc) is 3.20. The second-order valence-electron chi connectivity index (χ2n) is 10.8. The predicted molar refractivity (Wildman–Crippen MR) is 152 cm³/mol. The highest BCUT2D eigenvalue weighted by molar-refractivity contribution is 7.89. The van der Waals surface area contributed by atoms with Crippen molar-refractivity contribution in [1.82, 2.24) is 9.62 Å². The lowest BCUT2D eigenvalue weighted by molar-refractivity contribution is -0.118. The predicted octanol–water partition coefficient (Wildman–Crippen LogP) is 5.52. The molecule has 1 fully saturated rings. The van der Waals surface area contributed by atoms with E-state index in [0.29, 0.717) is 48.2 Å². The van der Waals surface area contributed by atoms with Gasteiger partial charge in [0.05, 0.1) is 15.6 Å². The quantitative estimate of drug-likeness (QED) is 0.432. The first-order valence-electron chi connectivity index (χ1n) is 12.6. The average molecular weight is 591 g/mol. The first-order chi connectivity index (χ1) is 18.3. The Morgan fingerprint density at radius 2 is 1.72 bits per heavy atom. The van der Waals surface area contributed by atoms with E-state index in [4.69, 9.17) is 27.9 Å². The normalized spacial score (nSPS) is 18.0. The molecule has 0 unspecified atom stereocenters. The molecular formula is C28H29Cl2N3O5S. The van der Waals surface area contributed by atoms with Gasteiger partial charge in [0.25, 0.3) is 0 Å². The fraction of sp³-hybridized carbons (Fsp3) is 0.357. The number of sulfonamides is 1. The van der Waals surface area contributed by atoms with E-state index in [1.54, 1.807) is 41.3 Å². The van der Waals surface area contributed by atoms with Gasteiger partial charge in [-0.1, -0.05) is 35.3 Å². The van der Waals surface area contributed by atoms with E-state index < -0.39 is 21.7 Å². The van der Waals surface area contributed by atoms with Crippen molar-refractivity contribution in [3.8, 4) is 0 Å². The minimum Gasteiger partial charge on any atom is -0.444 e. The molecule has 0 aromatic heterocycles. The van der Waals surface area contributed by atoms with E-state index in [0.717, 1.165) is 21.9 Å². The van der Waals surface area contributed by atoms with E-state index in [2.05, 4.69) is 4.72 Å². The molecule has 2 aliphatic heterocycles. The summed E-state index contributed by atoms with van der Waals surface area (Å²) in [6.07, 6.45) is 0.513. The minimum atomic E-state index is -3.95. The molecule has 0 bridgehead atoms. The number of ether oxygens (including phenoxy) is 1. The molecule has 1 atom stereocenters. The summed E-state index contributed by atoms with van der Waals surface area (Å²) in [4.78, 5) is 29.1. The third kappa shape index (κ3) is 5.87. The second kappa shape index (κ2) is 10.3. The molecule has 0 radical (unpaired) electrons. The van der Waals surface area contributed by atoms with Gasteiger partial charge in [0, 0.05) is 24.7 Å². The molecule has 2 aliphatic rings. The zero-order valence-corrected chi connectivity index (χ0v) is 24.2. The second-order valence-corrected chi connectivity index (χ2v) is 13.4. The lowest BCUT2D eigenvalue weighted by Crippen LogP contribution is -2.42. The molecule has 0 saturated carbocycles. The lowest BCUT2D eigenvalue weighted by atomic mass is 9.99.